The molecule has 4 aliphatic rings. The summed E-state index contributed by atoms with van der Waals surface area (Å²) in [6.45, 7) is 6.59. The second-order valence-electron chi connectivity index (χ2n) is 8.48. The Bertz CT molecular complexity index is 524. The van der Waals surface area contributed by atoms with Crippen LogP contribution in [-0.4, -0.2) is 23.1 Å². The second-order valence-corrected chi connectivity index (χ2v) is 8.48. The van der Waals surface area contributed by atoms with E-state index in [2.05, 4.69) is 20.8 Å². The molecule has 0 aromatic rings. The van der Waals surface area contributed by atoms with E-state index >= 15 is 0 Å². The highest BCUT2D eigenvalue weighted by molar-refractivity contribution is 5.83. The maximum absolute atomic E-state index is 12.9. The quantitative estimate of drug-likeness (QED) is 0.625. The number of hydrogen-bond acceptors (Lipinski definition) is 3. The molecule has 2 fully saturated rings. The van der Waals surface area contributed by atoms with Gasteiger partial charge in [0.15, 0.2) is 0 Å². The first-order valence-corrected chi connectivity index (χ1v) is 9.50. The maximum atomic E-state index is 12.9. The van der Waals surface area contributed by atoms with Gasteiger partial charge in [-0.1, -0.05) is 39.3 Å². The van der Waals surface area contributed by atoms with E-state index in [9.17, 15) is 14.7 Å². The number of esters is 1. The largest absolute Gasteiger partial charge is 0.481 e. The molecule has 4 heteroatoms. The number of hydrogen-bond donors (Lipinski definition) is 1. The fourth-order valence-electron chi connectivity index (χ4n) is 5.13. The molecule has 4 aliphatic carbocycles. The minimum Gasteiger partial charge on any atom is -0.481 e. The fraction of sp³-hybridized carbons (Fsp3) is 0.800. The number of carbonyl (C=O) groups excluding carboxylic acids is 1. The van der Waals surface area contributed by atoms with Crippen LogP contribution in [0.15, 0.2) is 12.2 Å². The zero-order valence-corrected chi connectivity index (χ0v) is 15.0. The Labute approximate surface area is 144 Å². The van der Waals surface area contributed by atoms with Gasteiger partial charge in [0, 0.05) is 0 Å². The van der Waals surface area contributed by atoms with E-state index in [0.29, 0.717) is 17.8 Å². The maximum Gasteiger partial charge on any atom is 0.310 e. The van der Waals surface area contributed by atoms with Crippen LogP contribution in [0, 0.1) is 41.4 Å². The average Bonchev–Trinajstić information content (AvgIpc) is 2.54. The first kappa shape index (κ1) is 17.5. The Morgan fingerprint density at radius 1 is 1.04 bits per heavy atom. The van der Waals surface area contributed by atoms with E-state index in [1.165, 1.54) is 6.42 Å². The van der Waals surface area contributed by atoms with Crippen molar-refractivity contribution in [3.63, 3.8) is 0 Å². The van der Waals surface area contributed by atoms with Crippen LogP contribution in [0.5, 0.6) is 0 Å². The van der Waals surface area contributed by atoms with E-state index < -0.39 is 17.8 Å². The van der Waals surface area contributed by atoms with Crippen molar-refractivity contribution in [1.82, 2.24) is 0 Å². The van der Waals surface area contributed by atoms with Crippen molar-refractivity contribution >= 4 is 11.9 Å². The minimum atomic E-state index is -0.853. The van der Waals surface area contributed by atoms with Gasteiger partial charge < -0.3 is 9.84 Å². The molecule has 0 aromatic carbocycles. The molecule has 134 valence electrons. The van der Waals surface area contributed by atoms with Gasteiger partial charge in [-0.05, 0) is 55.3 Å². The van der Waals surface area contributed by atoms with Gasteiger partial charge >= 0.3 is 11.9 Å². The van der Waals surface area contributed by atoms with Gasteiger partial charge in [0.2, 0.25) is 0 Å². The number of carbonyl (C=O) groups is 2. The van der Waals surface area contributed by atoms with Crippen molar-refractivity contribution in [3.8, 4) is 0 Å². The predicted octanol–water partition coefficient (Wildman–Crippen LogP) is 3.90. The van der Waals surface area contributed by atoms with E-state index in [1.54, 1.807) is 0 Å². The van der Waals surface area contributed by atoms with E-state index in [4.69, 9.17) is 4.74 Å². The minimum absolute atomic E-state index is 0.0174. The Morgan fingerprint density at radius 2 is 1.67 bits per heavy atom. The van der Waals surface area contributed by atoms with E-state index in [0.717, 1.165) is 25.7 Å². The van der Waals surface area contributed by atoms with Crippen molar-refractivity contribution in [1.29, 1.82) is 0 Å². The van der Waals surface area contributed by atoms with Gasteiger partial charge in [-0.2, -0.15) is 0 Å². The van der Waals surface area contributed by atoms with Gasteiger partial charge in [-0.15, -0.1) is 0 Å². The van der Waals surface area contributed by atoms with Crippen LogP contribution in [-0.2, 0) is 14.3 Å². The summed E-state index contributed by atoms with van der Waals surface area (Å²) >= 11 is 0. The van der Waals surface area contributed by atoms with Crippen molar-refractivity contribution in [2.24, 2.45) is 41.4 Å². The van der Waals surface area contributed by atoms with E-state index in [-0.39, 0.29) is 23.9 Å². The zero-order chi connectivity index (χ0) is 17.4. The molecule has 0 saturated heterocycles. The summed E-state index contributed by atoms with van der Waals surface area (Å²) in [7, 11) is 0. The third-order valence-corrected chi connectivity index (χ3v) is 6.53. The first-order valence-electron chi connectivity index (χ1n) is 9.50. The molecule has 0 unspecified atom stereocenters. The van der Waals surface area contributed by atoms with Crippen LogP contribution in [0.2, 0.25) is 0 Å². The Kier molecular flexibility index (Phi) is 5.03. The third-order valence-electron chi connectivity index (χ3n) is 6.53. The summed E-state index contributed by atoms with van der Waals surface area (Å²) in [5.74, 6) is -0.789. The summed E-state index contributed by atoms with van der Waals surface area (Å²) in [6.07, 6.45) is 8.94. The van der Waals surface area contributed by atoms with Crippen LogP contribution in [0.3, 0.4) is 0 Å². The molecule has 4 rings (SSSR count). The molecule has 0 spiro atoms. The van der Waals surface area contributed by atoms with Crippen LogP contribution >= 0.6 is 0 Å². The van der Waals surface area contributed by atoms with Crippen molar-refractivity contribution in [2.75, 3.05) is 0 Å². The number of allylic oxidation sites excluding steroid dienone is 2. The number of rotatable bonds is 4. The topological polar surface area (TPSA) is 63.6 Å². The second kappa shape index (κ2) is 6.89. The molecule has 2 saturated carbocycles. The summed E-state index contributed by atoms with van der Waals surface area (Å²) in [5, 5.41) is 9.63. The van der Waals surface area contributed by atoms with Crippen molar-refractivity contribution in [2.45, 2.75) is 59.0 Å². The molecule has 2 bridgehead atoms. The number of fused-ring (bicyclic) bond motifs is 2. The average molecular weight is 334 g/mol. The molecular weight excluding hydrogens is 304 g/mol. The fourth-order valence-corrected chi connectivity index (χ4v) is 5.13. The van der Waals surface area contributed by atoms with Gasteiger partial charge in [-0.3, -0.25) is 9.59 Å². The monoisotopic (exact) mass is 334 g/mol. The normalized spacial score (nSPS) is 41.4. The number of carboxylic acids is 1. The summed E-state index contributed by atoms with van der Waals surface area (Å²) in [6, 6.07) is 0. The van der Waals surface area contributed by atoms with Gasteiger partial charge in [0.1, 0.15) is 6.10 Å². The van der Waals surface area contributed by atoms with Crippen molar-refractivity contribution in [3.05, 3.63) is 12.2 Å². The molecular formula is C20H30O4. The predicted molar refractivity (Wildman–Crippen MR) is 91.2 cm³/mol. The lowest BCUT2D eigenvalue weighted by Gasteiger charge is -2.43. The standard InChI is InChI=1S/C20H30O4/c1-11(2)15-9-4-12(3)10-16(15)24-20(23)18-14-7-5-13(6-8-14)17(18)19(21)22/h5,7,11-18H,4,6,8-10H2,1-3H3,(H,21,22)/t12-,13+,14-,15+,16-,17+,18+/m1/s1. The molecule has 4 nitrogen and oxygen atoms in total. The molecule has 1 N–H and O–H groups in total. The van der Waals surface area contributed by atoms with Crippen LogP contribution in [0.4, 0.5) is 0 Å². The molecule has 0 aliphatic heterocycles. The molecule has 7 atom stereocenters. The highest BCUT2D eigenvalue weighted by Crippen LogP contribution is 2.46. The Morgan fingerprint density at radius 3 is 2.21 bits per heavy atom. The molecule has 0 heterocycles. The summed E-state index contributed by atoms with van der Waals surface area (Å²) in [4.78, 5) is 24.7. The lowest BCUT2D eigenvalue weighted by atomic mass is 9.62. The lowest BCUT2D eigenvalue weighted by Crippen LogP contribution is -2.47. The summed E-state index contributed by atoms with van der Waals surface area (Å²) < 4.78 is 5.97. The van der Waals surface area contributed by atoms with Gasteiger partial charge in [0.05, 0.1) is 11.8 Å². The van der Waals surface area contributed by atoms with Gasteiger partial charge in [0.25, 0.3) is 0 Å². The van der Waals surface area contributed by atoms with Crippen LogP contribution < -0.4 is 0 Å². The van der Waals surface area contributed by atoms with Crippen LogP contribution in [0.1, 0.15) is 52.9 Å². The SMILES string of the molecule is CC(C)[C@@H]1CC[C@@H](C)C[C@H]1OC(=O)[C@@H]1[C@@H](C(=O)O)[C@H]2C=C[C@@H]1CC2. The smallest absolute Gasteiger partial charge is 0.310 e. The number of carboxylic acid groups (broad SMARTS) is 1. The highest BCUT2D eigenvalue weighted by atomic mass is 16.5. The van der Waals surface area contributed by atoms with Gasteiger partial charge in [-0.25, -0.2) is 0 Å². The molecule has 0 radical (unpaired) electrons. The van der Waals surface area contributed by atoms with E-state index in [1.807, 2.05) is 12.2 Å². The Hall–Kier alpha value is -1.32. The highest BCUT2D eigenvalue weighted by Gasteiger charge is 2.50. The van der Waals surface area contributed by atoms with Crippen molar-refractivity contribution < 1.29 is 19.4 Å². The molecule has 0 aromatic heterocycles. The number of aliphatic carboxylic acids is 1. The summed E-state index contributed by atoms with van der Waals surface area (Å²) in [5.41, 5.74) is 0. The Balaban J connectivity index is 1.75. The molecule has 24 heavy (non-hydrogen) atoms. The lowest BCUT2D eigenvalue weighted by molar-refractivity contribution is -0.173. The third kappa shape index (κ3) is 3.25. The number of ether oxygens (including phenoxy) is 1. The zero-order valence-electron chi connectivity index (χ0n) is 15.0. The first-order chi connectivity index (χ1) is 11.4. The molecule has 0 amide bonds. The van der Waals surface area contributed by atoms with Crippen LogP contribution in [0.25, 0.3) is 0 Å².